The van der Waals surface area contributed by atoms with Gasteiger partial charge in [-0.25, -0.2) is 4.98 Å². The van der Waals surface area contributed by atoms with Crippen molar-refractivity contribution in [3.05, 3.63) is 40.6 Å². The minimum atomic E-state index is -5.09. The van der Waals surface area contributed by atoms with E-state index in [1.165, 1.54) is 18.3 Å². The van der Waals surface area contributed by atoms with Crippen molar-refractivity contribution < 1.29 is 74.0 Å². The topological polar surface area (TPSA) is 65.3 Å². The molecule has 0 aliphatic rings. The van der Waals surface area contributed by atoms with Gasteiger partial charge >= 0.3 is 58.4 Å². The van der Waals surface area contributed by atoms with Crippen molar-refractivity contribution in [2.45, 2.75) is 0 Å². The van der Waals surface area contributed by atoms with Crippen molar-refractivity contribution in [3.63, 3.8) is 0 Å². The standard InChI is InChI=1S/C10H7BF3N2O3.K/c12-11(13,14)6-19-9-4-3-8(16(17)18)10-7(9)2-1-5-15-10;/h1-5H,6H2;/q-1;+1. The van der Waals surface area contributed by atoms with Gasteiger partial charge in [0.1, 0.15) is 5.75 Å². The monoisotopic (exact) mass is 310 g/mol. The van der Waals surface area contributed by atoms with Crippen molar-refractivity contribution in [3.8, 4) is 5.75 Å². The average molecular weight is 310 g/mol. The first-order chi connectivity index (χ1) is 8.88. The van der Waals surface area contributed by atoms with Crippen LogP contribution in [0.3, 0.4) is 0 Å². The number of hydrogen-bond acceptors (Lipinski definition) is 4. The molecule has 0 bridgehead atoms. The molecule has 0 N–H and O–H groups in total. The summed E-state index contributed by atoms with van der Waals surface area (Å²) in [7, 11) is 0. The zero-order valence-electron chi connectivity index (χ0n) is 10.4. The van der Waals surface area contributed by atoms with Gasteiger partial charge in [-0.15, -0.1) is 0 Å². The van der Waals surface area contributed by atoms with Gasteiger partial charge in [0.15, 0.2) is 5.52 Å². The van der Waals surface area contributed by atoms with Crippen LogP contribution in [0.1, 0.15) is 0 Å². The fraction of sp³-hybridized carbons (Fsp3) is 0.100. The molecule has 10 heteroatoms. The number of nitro benzene ring substituents is 1. The Balaban J connectivity index is 0.00000200. The van der Waals surface area contributed by atoms with E-state index >= 15 is 0 Å². The fourth-order valence-corrected chi connectivity index (χ4v) is 1.59. The second kappa shape index (κ2) is 6.85. The first-order valence-corrected chi connectivity index (χ1v) is 5.24. The molecule has 1 aromatic heterocycles. The maximum absolute atomic E-state index is 12.2. The number of halogens is 3. The molecular weight excluding hydrogens is 303 g/mol. The fourth-order valence-electron chi connectivity index (χ4n) is 1.59. The number of fused-ring (bicyclic) bond motifs is 1. The molecule has 0 atom stereocenters. The molecule has 0 aliphatic carbocycles. The third-order valence-corrected chi connectivity index (χ3v) is 2.33. The zero-order valence-corrected chi connectivity index (χ0v) is 13.5. The van der Waals surface area contributed by atoms with Gasteiger partial charge in [0.05, 0.1) is 11.4 Å². The Hall–Kier alpha value is -0.679. The average Bonchev–Trinajstić information content (AvgIpc) is 2.34. The summed E-state index contributed by atoms with van der Waals surface area (Å²) in [5, 5.41) is 11.0. The second-order valence-electron chi connectivity index (χ2n) is 3.76. The third kappa shape index (κ3) is 4.16. The quantitative estimate of drug-likeness (QED) is 0.450. The minimum Gasteiger partial charge on any atom is -0.521 e. The van der Waals surface area contributed by atoms with E-state index in [2.05, 4.69) is 9.72 Å². The van der Waals surface area contributed by atoms with E-state index < -0.39 is 18.4 Å². The van der Waals surface area contributed by atoms with E-state index in [0.29, 0.717) is 0 Å². The molecule has 0 unspecified atom stereocenters. The molecule has 0 radical (unpaired) electrons. The molecule has 0 spiro atoms. The van der Waals surface area contributed by atoms with E-state index in [0.717, 1.165) is 12.1 Å². The molecule has 0 saturated carbocycles. The van der Waals surface area contributed by atoms with Crippen LogP contribution in [0, 0.1) is 10.1 Å². The van der Waals surface area contributed by atoms with Crippen molar-refractivity contribution in [1.29, 1.82) is 0 Å². The van der Waals surface area contributed by atoms with Crippen LogP contribution in [-0.2, 0) is 0 Å². The molecule has 100 valence electrons. The minimum absolute atomic E-state index is 0. The molecule has 0 aliphatic heterocycles. The predicted octanol–water partition coefficient (Wildman–Crippen LogP) is -0.0876. The smallest absolute Gasteiger partial charge is 0.521 e. The first kappa shape index (κ1) is 17.4. The van der Waals surface area contributed by atoms with E-state index in [4.69, 9.17) is 0 Å². The number of benzene rings is 1. The van der Waals surface area contributed by atoms with Crippen LogP contribution in [0.5, 0.6) is 5.75 Å². The SMILES string of the molecule is O=[N+]([O-])c1ccc(OC[B-](F)(F)F)c2cccnc12.[K+]. The number of rotatable bonds is 4. The number of pyridine rings is 1. The summed E-state index contributed by atoms with van der Waals surface area (Å²) in [5.41, 5.74) is -0.278. The molecule has 0 fully saturated rings. The Morgan fingerprint density at radius 1 is 1.30 bits per heavy atom. The van der Waals surface area contributed by atoms with Gasteiger partial charge in [0.25, 0.3) is 5.69 Å². The van der Waals surface area contributed by atoms with Crippen LogP contribution in [0.15, 0.2) is 30.5 Å². The van der Waals surface area contributed by atoms with Crippen molar-refractivity contribution in [2.24, 2.45) is 0 Å². The van der Waals surface area contributed by atoms with Crippen LogP contribution in [0.2, 0.25) is 0 Å². The maximum Gasteiger partial charge on any atom is 1.00 e. The van der Waals surface area contributed by atoms with E-state index in [1.54, 1.807) is 0 Å². The Morgan fingerprint density at radius 3 is 2.60 bits per heavy atom. The zero-order chi connectivity index (χ0) is 14.0. The molecule has 1 heterocycles. The summed E-state index contributed by atoms with van der Waals surface area (Å²) in [6.45, 7) is -6.49. The number of nitro groups is 1. The molecule has 2 rings (SSSR count). The number of non-ortho nitro benzene ring substituents is 1. The van der Waals surface area contributed by atoms with Crippen LogP contribution in [-0.4, -0.2) is 23.4 Å². The largest absolute Gasteiger partial charge is 1.00 e. The Labute approximate surface area is 154 Å². The molecule has 1 aromatic carbocycles. The molecule has 0 saturated heterocycles. The molecule has 0 amide bonds. The number of nitrogens with zero attached hydrogens (tertiary/aromatic N) is 2. The number of hydrogen-bond donors (Lipinski definition) is 0. The summed E-state index contributed by atoms with van der Waals surface area (Å²) in [4.78, 5) is 14.0. The van der Waals surface area contributed by atoms with E-state index in [1.807, 2.05) is 0 Å². The Morgan fingerprint density at radius 2 is 2.00 bits per heavy atom. The number of aromatic nitrogens is 1. The van der Waals surface area contributed by atoms with Gasteiger partial charge in [-0.2, -0.15) is 0 Å². The van der Waals surface area contributed by atoms with Crippen LogP contribution < -0.4 is 56.1 Å². The van der Waals surface area contributed by atoms with E-state index in [-0.39, 0.29) is 73.7 Å². The van der Waals surface area contributed by atoms with Gasteiger partial charge in [-0.1, -0.05) is 0 Å². The number of ether oxygens (including phenoxy) is 1. The molecule has 5 nitrogen and oxygen atoms in total. The normalized spacial score (nSPS) is 10.9. The maximum atomic E-state index is 12.2. The van der Waals surface area contributed by atoms with Crippen molar-refractivity contribution >= 4 is 23.6 Å². The van der Waals surface area contributed by atoms with Gasteiger partial charge < -0.3 is 17.7 Å². The van der Waals surface area contributed by atoms with Crippen LogP contribution in [0.25, 0.3) is 10.9 Å². The van der Waals surface area contributed by atoms with Crippen molar-refractivity contribution in [1.82, 2.24) is 4.98 Å². The van der Waals surface area contributed by atoms with Gasteiger partial charge in [0.2, 0.25) is 0 Å². The Bertz CT molecular complexity index is 639. The Kier molecular flexibility index (Phi) is 5.95. The molecule has 20 heavy (non-hydrogen) atoms. The van der Waals surface area contributed by atoms with Crippen LogP contribution in [0.4, 0.5) is 18.6 Å². The summed E-state index contributed by atoms with van der Waals surface area (Å²) < 4.78 is 41.1. The second-order valence-corrected chi connectivity index (χ2v) is 3.76. The summed E-state index contributed by atoms with van der Waals surface area (Å²) in [6, 6.07) is 5.11. The summed E-state index contributed by atoms with van der Waals surface area (Å²) in [6.07, 6.45) is 1.33. The van der Waals surface area contributed by atoms with Gasteiger partial charge in [0, 0.05) is 17.6 Å². The van der Waals surface area contributed by atoms with Gasteiger partial charge in [-0.3, -0.25) is 10.1 Å². The first-order valence-electron chi connectivity index (χ1n) is 5.24. The molecular formula is C10H7BF3KN2O3. The summed E-state index contributed by atoms with van der Waals surface area (Å²) in [5.74, 6) is -0.0760. The van der Waals surface area contributed by atoms with E-state index in [9.17, 15) is 23.1 Å². The van der Waals surface area contributed by atoms with Gasteiger partial charge in [-0.05, 0) is 18.2 Å². The van der Waals surface area contributed by atoms with Crippen molar-refractivity contribution in [2.75, 3.05) is 6.51 Å². The molecule has 2 aromatic rings. The summed E-state index contributed by atoms with van der Waals surface area (Å²) >= 11 is 0. The van der Waals surface area contributed by atoms with Crippen LogP contribution >= 0.6 is 0 Å². The predicted molar refractivity (Wildman–Crippen MR) is 63.0 cm³/mol. The third-order valence-electron chi connectivity index (χ3n) is 2.33.